The van der Waals surface area contributed by atoms with Crippen molar-refractivity contribution in [2.75, 3.05) is 32.9 Å². The number of carbonyl (C=O) groups is 2. The molecule has 2 aromatic rings. The maximum atomic E-state index is 12.9. The zero-order chi connectivity index (χ0) is 27.6. The van der Waals surface area contributed by atoms with Gasteiger partial charge in [-0.15, -0.1) is 0 Å². The molecule has 6 atom stereocenters. The number of piperidine rings is 1. The van der Waals surface area contributed by atoms with Crippen LogP contribution in [0.3, 0.4) is 0 Å². The molecule has 212 valence electrons. The number of hydrogen-bond acceptors (Lipinski definition) is 7. The lowest BCUT2D eigenvalue weighted by molar-refractivity contribution is -0.0957. The van der Waals surface area contributed by atoms with Gasteiger partial charge in [0.1, 0.15) is 24.4 Å². The fraction of sp³-hybridized carbons (Fsp3) is 0.548. The van der Waals surface area contributed by atoms with Gasteiger partial charge in [0.2, 0.25) is 0 Å². The van der Waals surface area contributed by atoms with Gasteiger partial charge in [-0.05, 0) is 49.4 Å². The first-order valence-electron chi connectivity index (χ1n) is 14.4. The summed E-state index contributed by atoms with van der Waals surface area (Å²) < 4.78 is 23.7. The summed E-state index contributed by atoms with van der Waals surface area (Å²) >= 11 is 0. The monoisotopic (exact) mass is 547 g/mol. The number of ether oxygens (including phenoxy) is 4. The normalized spacial score (nSPS) is 30.7. The summed E-state index contributed by atoms with van der Waals surface area (Å²) in [6.07, 6.45) is -0.00426. The number of alkyl carbamates (subject to hydrolysis) is 1. The van der Waals surface area contributed by atoms with Gasteiger partial charge in [0.15, 0.2) is 0 Å². The summed E-state index contributed by atoms with van der Waals surface area (Å²) in [6, 6.07) is 16.8. The molecule has 0 radical (unpaired) electrons. The largest absolute Gasteiger partial charge is 0.449 e. The van der Waals surface area contributed by atoms with Gasteiger partial charge < -0.3 is 24.3 Å². The predicted octanol–water partition coefficient (Wildman–Crippen LogP) is 3.75. The summed E-state index contributed by atoms with van der Waals surface area (Å²) in [4.78, 5) is 29.8. The van der Waals surface area contributed by atoms with E-state index in [-0.39, 0.29) is 55.0 Å². The van der Waals surface area contributed by atoms with E-state index in [1.165, 1.54) is 22.3 Å². The van der Waals surface area contributed by atoms with Crippen molar-refractivity contribution in [1.29, 1.82) is 0 Å². The van der Waals surface area contributed by atoms with Crippen LogP contribution in [0.2, 0.25) is 0 Å². The van der Waals surface area contributed by atoms with Crippen molar-refractivity contribution in [3.8, 4) is 11.1 Å². The number of amides is 2. The minimum absolute atomic E-state index is 0.0172. The minimum Gasteiger partial charge on any atom is -0.449 e. The molecule has 0 aromatic heterocycles. The zero-order valence-corrected chi connectivity index (χ0v) is 23.2. The number of piperazine rings is 1. The molecule has 5 aliphatic heterocycles. The molecule has 0 spiro atoms. The second-order valence-corrected chi connectivity index (χ2v) is 12.6. The number of hydrogen-bond donors (Lipinski definition) is 1. The van der Waals surface area contributed by atoms with Gasteiger partial charge in [-0.2, -0.15) is 0 Å². The van der Waals surface area contributed by atoms with Gasteiger partial charge >= 0.3 is 12.2 Å². The van der Waals surface area contributed by atoms with E-state index in [2.05, 4.69) is 34.5 Å². The molecule has 8 rings (SSSR count). The van der Waals surface area contributed by atoms with Crippen LogP contribution in [0, 0.1) is 0 Å². The van der Waals surface area contributed by atoms with E-state index in [1.807, 2.05) is 49.9 Å². The topological polar surface area (TPSA) is 89.6 Å². The molecular weight excluding hydrogens is 510 g/mol. The molecule has 9 nitrogen and oxygen atoms in total. The molecule has 6 aliphatic rings. The summed E-state index contributed by atoms with van der Waals surface area (Å²) in [5.74, 6) is 0.0172. The highest BCUT2D eigenvalue weighted by Gasteiger charge is 2.55. The average molecular weight is 548 g/mol. The Morgan fingerprint density at radius 2 is 1.55 bits per heavy atom. The van der Waals surface area contributed by atoms with E-state index in [0.717, 1.165) is 19.5 Å². The van der Waals surface area contributed by atoms with Gasteiger partial charge in [-0.1, -0.05) is 48.5 Å². The van der Waals surface area contributed by atoms with Crippen molar-refractivity contribution in [2.45, 2.75) is 75.1 Å². The lowest BCUT2D eigenvalue weighted by Crippen LogP contribution is -2.72. The maximum absolute atomic E-state index is 12.9. The molecule has 9 heteroatoms. The summed E-state index contributed by atoms with van der Waals surface area (Å²) in [5.41, 5.74) is 4.28. The first-order chi connectivity index (χ1) is 19.3. The first kappa shape index (κ1) is 25.8. The smallest absolute Gasteiger partial charge is 0.410 e. The molecule has 5 saturated heterocycles. The molecule has 0 saturated carbocycles. The summed E-state index contributed by atoms with van der Waals surface area (Å²) in [7, 11) is 0. The summed E-state index contributed by atoms with van der Waals surface area (Å²) in [6.45, 7) is 8.45. The molecule has 2 bridgehead atoms. The molecule has 1 N–H and O–H groups in total. The number of nitrogens with one attached hydrogen (secondary N) is 1. The van der Waals surface area contributed by atoms with Crippen molar-refractivity contribution >= 4 is 12.2 Å². The van der Waals surface area contributed by atoms with Crippen molar-refractivity contribution in [3.63, 3.8) is 0 Å². The molecule has 1 aliphatic carbocycles. The van der Waals surface area contributed by atoms with Gasteiger partial charge in [-0.25, -0.2) is 9.59 Å². The van der Waals surface area contributed by atoms with Crippen LogP contribution in [0.25, 0.3) is 11.1 Å². The lowest BCUT2D eigenvalue weighted by Gasteiger charge is -2.57. The van der Waals surface area contributed by atoms with Gasteiger partial charge in [0.25, 0.3) is 0 Å². The number of carbonyl (C=O) groups excluding carboxylic acids is 2. The molecule has 2 aromatic carbocycles. The third-order valence-electron chi connectivity index (χ3n) is 8.97. The summed E-state index contributed by atoms with van der Waals surface area (Å²) in [5, 5.41) is 3.01. The lowest BCUT2D eigenvalue weighted by atomic mass is 9.86. The van der Waals surface area contributed by atoms with E-state index in [4.69, 9.17) is 18.9 Å². The Kier molecular flexibility index (Phi) is 6.29. The molecular formula is C31H37N3O6. The molecule has 5 heterocycles. The number of rotatable bonds is 4. The van der Waals surface area contributed by atoms with E-state index < -0.39 is 11.7 Å². The number of benzene rings is 2. The van der Waals surface area contributed by atoms with Crippen molar-refractivity contribution in [2.24, 2.45) is 0 Å². The minimum atomic E-state index is -0.500. The Hall–Kier alpha value is -3.14. The quantitative estimate of drug-likeness (QED) is 0.624. The van der Waals surface area contributed by atoms with Crippen LogP contribution in [0.1, 0.15) is 44.2 Å². The Bertz CT molecular complexity index is 1250. The SMILES string of the molecule is CC(C)(C)OC(=O)N1C2CC1CN([C@H]1CO[C@H]3[C@@H]1OC[C@@H]3NC(=O)OCC1c3ccccc3-c3ccccc31)C2. The van der Waals surface area contributed by atoms with Crippen LogP contribution in [-0.2, 0) is 18.9 Å². The number of nitrogens with zero attached hydrogens (tertiary/aromatic N) is 2. The molecule has 5 fully saturated rings. The third-order valence-corrected chi connectivity index (χ3v) is 8.97. The van der Waals surface area contributed by atoms with E-state index >= 15 is 0 Å². The highest BCUT2D eigenvalue weighted by molar-refractivity contribution is 5.79. The maximum Gasteiger partial charge on any atom is 0.410 e. The van der Waals surface area contributed by atoms with Gasteiger partial charge in [0, 0.05) is 19.0 Å². The fourth-order valence-electron chi connectivity index (χ4n) is 7.23. The van der Waals surface area contributed by atoms with Crippen LogP contribution in [0.5, 0.6) is 0 Å². The van der Waals surface area contributed by atoms with Crippen LogP contribution in [-0.4, -0.2) is 96.9 Å². The third kappa shape index (κ3) is 4.44. The van der Waals surface area contributed by atoms with Gasteiger partial charge in [-0.3, -0.25) is 9.80 Å². The Morgan fingerprint density at radius 1 is 0.925 bits per heavy atom. The predicted molar refractivity (Wildman–Crippen MR) is 147 cm³/mol. The van der Waals surface area contributed by atoms with Crippen LogP contribution in [0.15, 0.2) is 48.5 Å². The van der Waals surface area contributed by atoms with Crippen LogP contribution < -0.4 is 5.32 Å². The Morgan fingerprint density at radius 3 is 2.20 bits per heavy atom. The second kappa shape index (κ2) is 9.75. The van der Waals surface area contributed by atoms with E-state index in [9.17, 15) is 9.59 Å². The zero-order valence-electron chi connectivity index (χ0n) is 23.2. The average Bonchev–Trinajstić information content (AvgIpc) is 3.59. The van der Waals surface area contributed by atoms with Crippen LogP contribution in [0.4, 0.5) is 9.59 Å². The standard InChI is InChI=1S/C31H37N3O6/c1-31(2,3)40-30(36)34-18-12-19(34)14-33(13-18)26-17-38-27-25(16-37-28(26)27)32-29(35)39-15-24-22-10-6-4-8-20(22)21-9-5-7-11-23(21)24/h4-11,18-19,24-28H,12-17H2,1-3H3,(H,32,35)/t18?,19?,25-,26-,27+,28+/m0/s1. The van der Waals surface area contributed by atoms with Crippen LogP contribution >= 0.6 is 0 Å². The molecule has 2 unspecified atom stereocenters. The highest BCUT2D eigenvalue weighted by Crippen LogP contribution is 2.44. The first-order valence-corrected chi connectivity index (χ1v) is 14.4. The van der Waals surface area contributed by atoms with Crippen molar-refractivity contribution < 1.29 is 28.5 Å². The van der Waals surface area contributed by atoms with Gasteiger partial charge in [0.05, 0.1) is 37.4 Å². The second-order valence-electron chi connectivity index (χ2n) is 12.6. The fourth-order valence-corrected chi connectivity index (χ4v) is 7.23. The number of fused-ring (bicyclic) bond motifs is 6. The highest BCUT2D eigenvalue weighted by atomic mass is 16.6. The van der Waals surface area contributed by atoms with E-state index in [0.29, 0.717) is 13.2 Å². The van der Waals surface area contributed by atoms with Crippen molar-refractivity contribution in [3.05, 3.63) is 59.7 Å². The van der Waals surface area contributed by atoms with Crippen molar-refractivity contribution in [1.82, 2.24) is 15.1 Å². The molecule has 2 amide bonds. The Balaban J connectivity index is 0.931. The molecule has 40 heavy (non-hydrogen) atoms. The Labute approximate surface area is 234 Å². The van der Waals surface area contributed by atoms with E-state index in [1.54, 1.807) is 0 Å².